The Labute approximate surface area is 112 Å². The Morgan fingerprint density at radius 3 is 2.60 bits per heavy atom. The molecule has 7 nitrogen and oxygen atoms in total. The van der Waals surface area contributed by atoms with Gasteiger partial charge >= 0.3 is 5.69 Å². The lowest BCUT2D eigenvalue weighted by atomic mass is 10.0. The summed E-state index contributed by atoms with van der Waals surface area (Å²) in [7, 11) is 0. The number of benzene rings is 1. The fourth-order valence-corrected chi connectivity index (χ4v) is 2.10. The van der Waals surface area contributed by atoms with E-state index in [1.165, 1.54) is 0 Å². The number of hydrogen-bond donors (Lipinski definition) is 4. The van der Waals surface area contributed by atoms with Crippen molar-refractivity contribution in [3.05, 3.63) is 62.6 Å². The average molecular weight is 271 g/mol. The van der Waals surface area contributed by atoms with Crippen LogP contribution in [0.1, 0.15) is 17.4 Å². The van der Waals surface area contributed by atoms with Gasteiger partial charge in [-0.3, -0.25) is 14.8 Å². The normalized spacial score (nSPS) is 12.7. The lowest BCUT2D eigenvalue weighted by molar-refractivity contribution is 0.696. The summed E-state index contributed by atoms with van der Waals surface area (Å²) in [6, 6.07) is 9.38. The molecule has 0 saturated carbocycles. The Balaban J connectivity index is 1.94. The Morgan fingerprint density at radius 2 is 1.85 bits per heavy atom. The molecule has 0 amide bonds. The van der Waals surface area contributed by atoms with E-state index in [4.69, 9.17) is 5.73 Å². The van der Waals surface area contributed by atoms with E-state index in [2.05, 4.69) is 19.9 Å². The first kappa shape index (κ1) is 12.4. The summed E-state index contributed by atoms with van der Waals surface area (Å²) in [5, 5.41) is 0. The Bertz CT molecular complexity index is 846. The number of H-pyrrole nitrogens is 3. The van der Waals surface area contributed by atoms with E-state index < -0.39 is 11.2 Å². The van der Waals surface area contributed by atoms with Crippen molar-refractivity contribution in [2.45, 2.75) is 12.5 Å². The largest absolute Gasteiger partial charge is 0.336 e. The van der Waals surface area contributed by atoms with E-state index in [9.17, 15) is 9.59 Å². The molecule has 0 bridgehead atoms. The molecule has 3 aromatic rings. The van der Waals surface area contributed by atoms with Crippen LogP contribution in [0, 0.1) is 0 Å². The monoisotopic (exact) mass is 271 g/mol. The predicted molar refractivity (Wildman–Crippen MR) is 74.4 cm³/mol. The topological polar surface area (TPSA) is 120 Å². The van der Waals surface area contributed by atoms with Crippen molar-refractivity contribution < 1.29 is 0 Å². The lowest BCUT2D eigenvalue weighted by Crippen LogP contribution is -2.21. The fourth-order valence-electron chi connectivity index (χ4n) is 2.10. The fraction of sp³-hybridized carbons (Fsp3) is 0.154. The first-order valence-electron chi connectivity index (χ1n) is 6.15. The zero-order valence-electron chi connectivity index (χ0n) is 10.5. The summed E-state index contributed by atoms with van der Waals surface area (Å²) in [5.41, 5.74) is 6.51. The summed E-state index contributed by atoms with van der Waals surface area (Å²) in [6.45, 7) is 0. The minimum absolute atomic E-state index is 0.234. The molecule has 1 atom stereocenters. The minimum Gasteiger partial charge on any atom is -0.336 e. The Kier molecular flexibility index (Phi) is 2.96. The highest BCUT2D eigenvalue weighted by atomic mass is 16.2. The Morgan fingerprint density at radius 1 is 1.10 bits per heavy atom. The van der Waals surface area contributed by atoms with Gasteiger partial charge in [0.1, 0.15) is 11.3 Å². The molecule has 0 aliphatic carbocycles. The third kappa shape index (κ3) is 2.26. The third-order valence-corrected chi connectivity index (χ3v) is 3.08. The quantitative estimate of drug-likeness (QED) is 0.543. The van der Waals surface area contributed by atoms with Crippen LogP contribution >= 0.6 is 0 Å². The molecule has 0 saturated heterocycles. The van der Waals surface area contributed by atoms with Gasteiger partial charge < -0.3 is 10.7 Å². The van der Waals surface area contributed by atoms with Crippen LogP contribution in [-0.2, 0) is 6.42 Å². The van der Waals surface area contributed by atoms with Gasteiger partial charge in [0, 0.05) is 12.5 Å². The first-order chi connectivity index (χ1) is 9.63. The van der Waals surface area contributed by atoms with E-state index in [1.54, 1.807) is 0 Å². The van der Waals surface area contributed by atoms with Gasteiger partial charge in [0.15, 0.2) is 5.65 Å². The number of aromatic nitrogens is 4. The van der Waals surface area contributed by atoms with Gasteiger partial charge in [0.05, 0.1) is 0 Å². The molecule has 1 aromatic carbocycles. The maximum Gasteiger partial charge on any atom is 0.327 e. The zero-order chi connectivity index (χ0) is 14.1. The maximum atomic E-state index is 11.6. The minimum atomic E-state index is -0.576. The summed E-state index contributed by atoms with van der Waals surface area (Å²) in [6.07, 6.45) is 0.445. The van der Waals surface area contributed by atoms with Gasteiger partial charge in [0.2, 0.25) is 0 Å². The molecule has 0 aliphatic rings. The molecule has 0 aliphatic heterocycles. The first-order valence-corrected chi connectivity index (χ1v) is 6.15. The van der Waals surface area contributed by atoms with Gasteiger partial charge in [-0.2, -0.15) is 0 Å². The molecule has 102 valence electrons. The standard InChI is InChI=1S/C13H13N5O2/c14-8(7-4-2-1-3-5-7)6-9-15-10-11(16-9)17-13(20)18-12(10)19/h1-5,8H,6,14H2,(H3,15,16,17,18,19,20). The number of aromatic amines is 3. The highest BCUT2D eigenvalue weighted by Crippen LogP contribution is 2.14. The number of hydrogen-bond acceptors (Lipinski definition) is 4. The second kappa shape index (κ2) is 4.78. The number of nitrogens with zero attached hydrogens (tertiary/aromatic N) is 1. The van der Waals surface area contributed by atoms with Crippen LogP contribution in [0.5, 0.6) is 0 Å². The third-order valence-electron chi connectivity index (χ3n) is 3.08. The molecule has 20 heavy (non-hydrogen) atoms. The summed E-state index contributed by atoms with van der Waals surface area (Å²) in [5.74, 6) is 0.559. The molecule has 1 unspecified atom stereocenters. The van der Waals surface area contributed by atoms with Gasteiger partial charge in [0.25, 0.3) is 5.56 Å². The molecule has 0 radical (unpaired) electrons. The number of nitrogens with two attached hydrogens (primary N) is 1. The Hall–Kier alpha value is -2.67. The number of fused-ring (bicyclic) bond motifs is 1. The van der Waals surface area contributed by atoms with Crippen molar-refractivity contribution in [1.29, 1.82) is 0 Å². The van der Waals surface area contributed by atoms with Crippen LogP contribution < -0.4 is 17.0 Å². The molecule has 2 heterocycles. The zero-order valence-corrected chi connectivity index (χ0v) is 10.5. The van der Waals surface area contributed by atoms with E-state index in [-0.39, 0.29) is 17.2 Å². The molecule has 7 heteroatoms. The highest BCUT2D eigenvalue weighted by Gasteiger charge is 2.12. The predicted octanol–water partition coefficient (Wildman–Crippen LogP) is 0.182. The van der Waals surface area contributed by atoms with Gasteiger partial charge in [-0.15, -0.1) is 0 Å². The van der Waals surface area contributed by atoms with Crippen molar-refractivity contribution in [3.63, 3.8) is 0 Å². The SMILES string of the molecule is NC(Cc1nc2[nH]c(=O)[nH]c(=O)c2[nH]1)c1ccccc1. The maximum absolute atomic E-state index is 11.6. The second-order valence-electron chi connectivity index (χ2n) is 4.54. The van der Waals surface area contributed by atoms with Crippen LogP contribution in [0.15, 0.2) is 39.9 Å². The van der Waals surface area contributed by atoms with Crippen molar-refractivity contribution in [3.8, 4) is 0 Å². The molecular weight excluding hydrogens is 258 g/mol. The van der Waals surface area contributed by atoms with E-state index in [0.29, 0.717) is 12.2 Å². The van der Waals surface area contributed by atoms with Gasteiger partial charge in [-0.25, -0.2) is 9.78 Å². The van der Waals surface area contributed by atoms with E-state index in [1.807, 2.05) is 30.3 Å². The van der Waals surface area contributed by atoms with Crippen LogP contribution in [-0.4, -0.2) is 19.9 Å². The van der Waals surface area contributed by atoms with Crippen molar-refractivity contribution >= 4 is 11.2 Å². The number of rotatable bonds is 3. The molecular formula is C13H13N5O2. The van der Waals surface area contributed by atoms with E-state index in [0.717, 1.165) is 5.56 Å². The molecule has 5 N–H and O–H groups in total. The van der Waals surface area contributed by atoms with Crippen LogP contribution in [0.3, 0.4) is 0 Å². The van der Waals surface area contributed by atoms with Crippen LogP contribution in [0.25, 0.3) is 11.2 Å². The summed E-state index contributed by atoms with van der Waals surface area (Å²) in [4.78, 5) is 34.4. The second-order valence-corrected chi connectivity index (χ2v) is 4.54. The van der Waals surface area contributed by atoms with Crippen molar-refractivity contribution in [1.82, 2.24) is 19.9 Å². The lowest BCUT2D eigenvalue weighted by Gasteiger charge is -2.09. The van der Waals surface area contributed by atoms with Gasteiger partial charge in [-0.1, -0.05) is 30.3 Å². The molecule has 2 aromatic heterocycles. The summed E-state index contributed by atoms with van der Waals surface area (Å²) < 4.78 is 0. The summed E-state index contributed by atoms with van der Waals surface area (Å²) >= 11 is 0. The van der Waals surface area contributed by atoms with Crippen molar-refractivity contribution in [2.75, 3.05) is 0 Å². The average Bonchev–Trinajstić information content (AvgIpc) is 2.82. The number of imidazole rings is 1. The molecule has 3 rings (SSSR count). The van der Waals surface area contributed by atoms with Crippen molar-refractivity contribution in [2.24, 2.45) is 5.73 Å². The smallest absolute Gasteiger partial charge is 0.327 e. The molecule has 0 fully saturated rings. The number of nitrogens with one attached hydrogen (secondary N) is 3. The van der Waals surface area contributed by atoms with Gasteiger partial charge in [-0.05, 0) is 5.56 Å². The molecule has 0 spiro atoms. The van der Waals surface area contributed by atoms with Crippen LogP contribution in [0.2, 0.25) is 0 Å². The van der Waals surface area contributed by atoms with Crippen LogP contribution in [0.4, 0.5) is 0 Å². The highest BCUT2D eigenvalue weighted by molar-refractivity contribution is 5.68. The van der Waals surface area contributed by atoms with E-state index >= 15 is 0 Å².